The molecule has 3 rings (SSSR count). The van der Waals surface area contributed by atoms with Crippen molar-refractivity contribution < 1.29 is 9.47 Å². The molecular formula is C20H21ClN4O2. The normalized spacial score (nSPS) is 10.4. The summed E-state index contributed by atoms with van der Waals surface area (Å²) >= 11 is 6.21. The Morgan fingerprint density at radius 3 is 2.56 bits per heavy atom. The molecule has 0 saturated carbocycles. The molecule has 3 aromatic rings. The number of aryl methyl sites for hydroxylation is 1. The van der Waals surface area contributed by atoms with Crippen LogP contribution in [0.15, 0.2) is 48.5 Å². The van der Waals surface area contributed by atoms with Gasteiger partial charge in [0, 0.05) is 29.4 Å². The van der Waals surface area contributed by atoms with E-state index >= 15 is 0 Å². The molecule has 2 aromatic carbocycles. The van der Waals surface area contributed by atoms with Crippen molar-refractivity contribution in [2.24, 2.45) is 0 Å². The lowest BCUT2D eigenvalue weighted by Crippen LogP contribution is -2.06. The maximum atomic E-state index is 6.21. The molecule has 0 aliphatic carbocycles. The van der Waals surface area contributed by atoms with Crippen molar-refractivity contribution in [1.82, 2.24) is 9.97 Å². The first-order chi connectivity index (χ1) is 13.1. The number of nitrogens with one attached hydrogen (secondary N) is 2. The molecular weight excluding hydrogens is 364 g/mol. The molecule has 0 spiro atoms. The second-order valence-electron chi connectivity index (χ2n) is 5.85. The zero-order valence-corrected chi connectivity index (χ0v) is 16.2. The summed E-state index contributed by atoms with van der Waals surface area (Å²) < 4.78 is 10.7. The minimum atomic E-state index is 0.461. The number of nitrogens with zero attached hydrogens (tertiary/aromatic N) is 2. The molecule has 0 saturated heterocycles. The second-order valence-corrected chi connectivity index (χ2v) is 6.26. The van der Waals surface area contributed by atoms with Gasteiger partial charge in [-0.2, -0.15) is 4.98 Å². The highest BCUT2D eigenvalue weighted by molar-refractivity contribution is 6.31. The summed E-state index contributed by atoms with van der Waals surface area (Å²) in [4.78, 5) is 8.98. The van der Waals surface area contributed by atoms with Crippen LogP contribution in [0.4, 0.5) is 17.5 Å². The standard InChI is InChI=1S/C20H21ClN4O2/c1-13-10-19(22-12-14-6-4-5-7-16(14)21)25-20(23-13)24-17-11-15(26-2)8-9-18(17)27-3/h4-11H,12H2,1-3H3,(H2,22,23,24,25). The van der Waals surface area contributed by atoms with Crippen LogP contribution in [0.5, 0.6) is 11.5 Å². The molecule has 0 atom stereocenters. The quantitative estimate of drug-likeness (QED) is 0.609. The van der Waals surface area contributed by atoms with Crippen molar-refractivity contribution in [3.8, 4) is 11.5 Å². The van der Waals surface area contributed by atoms with Gasteiger partial charge < -0.3 is 20.1 Å². The van der Waals surface area contributed by atoms with Crippen molar-refractivity contribution in [2.75, 3.05) is 24.9 Å². The number of aromatic nitrogens is 2. The van der Waals surface area contributed by atoms with Crippen LogP contribution in [-0.2, 0) is 6.54 Å². The molecule has 0 fully saturated rings. The number of hydrogen-bond donors (Lipinski definition) is 2. The van der Waals surface area contributed by atoms with E-state index in [2.05, 4.69) is 20.6 Å². The van der Waals surface area contributed by atoms with Crippen LogP contribution in [0.1, 0.15) is 11.3 Å². The summed E-state index contributed by atoms with van der Waals surface area (Å²) in [6.45, 7) is 2.48. The van der Waals surface area contributed by atoms with E-state index < -0.39 is 0 Å². The van der Waals surface area contributed by atoms with Gasteiger partial charge in [0.2, 0.25) is 5.95 Å². The second kappa shape index (κ2) is 8.60. The predicted octanol–water partition coefficient (Wildman–Crippen LogP) is 4.81. The lowest BCUT2D eigenvalue weighted by molar-refractivity contribution is 0.405. The minimum Gasteiger partial charge on any atom is -0.497 e. The monoisotopic (exact) mass is 384 g/mol. The first-order valence-corrected chi connectivity index (χ1v) is 8.79. The number of methoxy groups -OCH3 is 2. The molecule has 2 N–H and O–H groups in total. The molecule has 0 unspecified atom stereocenters. The van der Waals surface area contributed by atoms with Crippen LogP contribution in [0.25, 0.3) is 0 Å². The summed E-state index contributed by atoms with van der Waals surface area (Å²) in [7, 11) is 3.23. The third-order valence-corrected chi connectivity index (χ3v) is 4.29. The maximum absolute atomic E-state index is 6.21. The van der Waals surface area contributed by atoms with Crippen LogP contribution >= 0.6 is 11.6 Å². The smallest absolute Gasteiger partial charge is 0.229 e. The van der Waals surface area contributed by atoms with Crippen molar-refractivity contribution in [1.29, 1.82) is 0 Å². The van der Waals surface area contributed by atoms with Crippen LogP contribution in [0, 0.1) is 6.92 Å². The molecule has 0 aliphatic heterocycles. The van der Waals surface area contributed by atoms with Crippen LogP contribution < -0.4 is 20.1 Å². The van der Waals surface area contributed by atoms with E-state index in [0.29, 0.717) is 29.8 Å². The molecule has 1 heterocycles. The van der Waals surface area contributed by atoms with E-state index in [9.17, 15) is 0 Å². The van der Waals surface area contributed by atoms with Gasteiger partial charge in [-0.1, -0.05) is 29.8 Å². The fourth-order valence-corrected chi connectivity index (χ4v) is 2.78. The first-order valence-electron chi connectivity index (χ1n) is 8.41. The molecule has 6 nitrogen and oxygen atoms in total. The van der Waals surface area contributed by atoms with Gasteiger partial charge in [-0.05, 0) is 30.7 Å². The average Bonchev–Trinajstić information content (AvgIpc) is 2.67. The Labute approximate surface area is 163 Å². The molecule has 0 bridgehead atoms. The molecule has 7 heteroatoms. The van der Waals surface area contributed by atoms with Gasteiger partial charge >= 0.3 is 0 Å². The number of benzene rings is 2. The van der Waals surface area contributed by atoms with Crippen LogP contribution in [-0.4, -0.2) is 24.2 Å². The third-order valence-electron chi connectivity index (χ3n) is 3.93. The summed E-state index contributed by atoms with van der Waals surface area (Å²) in [5, 5.41) is 7.20. The Bertz CT molecular complexity index is 934. The SMILES string of the molecule is COc1ccc(OC)c(Nc2nc(C)cc(NCc3ccccc3Cl)n2)c1. The molecule has 1 aromatic heterocycles. The van der Waals surface area contributed by atoms with E-state index in [-0.39, 0.29) is 0 Å². The van der Waals surface area contributed by atoms with E-state index in [1.165, 1.54) is 0 Å². The topological polar surface area (TPSA) is 68.3 Å². The Hall–Kier alpha value is -2.99. The Morgan fingerprint density at radius 2 is 1.81 bits per heavy atom. The van der Waals surface area contributed by atoms with Crippen LogP contribution in [0.3, 0.4) is 0 Å². The summed E-state index contributed by atoms with van der Waals surface area (Å²) in [6.07, 6.45) is 0. The highest BCUT2D eigenvalue weighted by Crippen LogP contribution is 2.31. The van der Waals surface area contributed by atoms with Crippen molar-refractivity contribution in [3.05, 3.63) is 64.8 Å². The lowest BCUT2D eigenvalue weighted by Gasteiger charge is -2.13. The largest absolute Gasteiger partial charge is 0.497 e. The summed E-state index contributed by atoms with van der Waals surface area (Å²) in [5.74, 6) is 2.55. The Morgan fingerprint density at radius 1 is 1.00 bits per heavy atom. The fraction of sp³-hybridized carbons (Fsp3) is 0.200. The predicted molar refractivity (Wildman–Crippen MR) is 108 cm³/mol. The Balaban J connectivity index is 1.80. The molecule has 0 aliphatic rings. The van der Waals surface area contributed by atoms with Gasteiger partial charge in [0.25, 0.3) is 0 Å². The zero-order valence-electron chi connectivity index (χ0n) is 15.4. The number of ether oxygens (including phenoxy) is 2. The number of anilines is 3. The number of hydrogen-bond acceptors (Lipinski definition) is 6. The van der Waals surface area contributed by atoms with Crippen molar-refractivity contribution >= 4 is 29.1 Å². The van der Waals surface area contributed by atoms with Gasteiger partial charge in [-0.15, -0.1) is 0 Å². The first kappa shape index (κ1) is 18.8. The van der Waals surface area contributed by atoms with Crippen molar-refractivity contribution in [3.63, 3.8) is 0 Å². The van der Waals surface area contributed by atoms with Gasteiger partial charge in [-0.25, -0.2) is 4.98 Å². The number of rotatable bonds is 7. The minimum absolute atomic E-state index is 0.461. The van der Waals surface area contributed by atoms with E-state index in [4.69, 9.17) is 21.1 Å². The average molecular weight is 385 g/mol. The van der Waals surface area contributed by atoms with Gasteiger partial charge in [0.15, 0.2) is 0 Å². The lowest BCUT2D eigenvalue weighted by atomic mass is 10.2. The molecule has 140 valence electrons. The van der Waals surface area contributed by atoms with E-state index in [1.807, 2.05) is 55.5 Å². The van der Waals surface area contributed by atoms with E-state index in [1.54, 1.807) is 14.2 Å². The third kappa shape index (κ3) is 4.80. The maximum Gasteiger partial charge on any atom is 0.229 e. The molecule has 27 heavy (non-hydrogen) atoms. The Kier molecular flexibility index (Phi) is 5.98. The van der Waals surface area contributed by atoms with Crippen LogP contribution in [0.2, 0.25) is 5.02 Å². The fourth-order valence-electron chi connectivity index (χ4n) is 2.57. The van der Waals surface area contributed by atoms with Gasteiger partial charge in [-0.3, -0.25) is 0 Å². The zero-order chi connectivity index (χ0) is 19.2. The molecule has 0 radical (unpaired) electrons. The highest BCUT2D eigenvalue weighted by atomic mass is 35.5. The highest BCUT2D eigenvalue weighted by Gasteiger charge is 2.09. The van der Waals surface area contributed by atoms with E-state index in [0.717, 1.165) is 22.0 Å². The number of halogens is 1. The van der Waals surface area contributed by atoms with Crippen molar-refractivity contribution in [2.45, 2.75) is 13.5 Å². The summed E-state index contributed by atoms with van der Waals surface area (Å²) in [5.41, 5.74) is 2.55. The van der Waals surface area contributed by atoms with Gasteiger partial charge in [0.1, 0.15) is 17.3 Å². The summed E-state index contributed by atoms with van der Waals surface area (Å²) in [6, 6.07) is 15.1. The molecule has 0 amide bonds. The van der Waals surface area contributed by atoms with Gasteiger partial charge in [0.05, 0.1) is 19.9 Å².